The number of rotatable bonds is 5. The Bertz CT molecular complexity index is 380. The maximum Gasteiger partial charge on any atom is 0.315 e. The van der Waals surface area contributed by atoms with Gasteiger partial charge in [0.25, 0.3) is 0 Å². The summed E-state index contributed by atoms with van der Waals surface area (Å²) in [5, 5.41) is 10.2. The molecule has 0 aromatic carbocycles. The molecule has 0 unspecified atom stereocenters. The Labute approximate surface area is 144 Å². The average Bonchev–Trinajstić information content (AvgIpc) is 2.56. The molecule has 1 aliphatic heterocycles. The fourth-order valence-corrected chi connectivity index (χ4v) is 3.54. The van der Waals surface area contributed by atoms with Crippen molar-refractivity contribution in [1.29, 1.82) is 0 Å². The molecule has 3 N–H and O–H groups in total. The van der Waals surface area contributed by atoms with E-state index in [1.165, 1.54) is 19.3 Å². The van der Waals surface area contributed by atoms with Gasteiger partial charge in [-0.25, -0.2) is 4.79 Å². The number of nitrogens with one attached hydrogen (secondary N) is 3. The molecule has 23 heavy (non-hydrogen) atoms. The predicted octanol–water partition coefficient (Wildman–Crippen LogP) is 1.60. The molecule has 0 bridgehead atoms. The van der Waals surface area contributed by atoms with E-state index in [9.17, 15) is 4.79 Å². The highest BCUT2D eigenvalue weighted by atomic mass is 32.1. The smallest absolute Gasteiger partial charge is 0.315 e. The summed E-state index contributed by atoms with van der Waals surface area (Å²) in [6, 6.07) is 0.606. The van der Waals surface area contributed by atoms with E-state index in [1.807, 2.05) is 0 Å². The number of likely N-dealkylation sites (tertiary alicyclic amines) is 1. The second kappa shape index (κ2) is 9.93. The van der Waals surface area contributed by atoms with Gasteiger partial charge in [-0.3, -0.25) is 0 Å². The van der Waals surface area contributed by atoms with Crippen LogP contribution in [0.1, 0.15) is 44.9 Å². The topological polar surface area (TPSA) is 65.6 Å². The van der Waals surface area contributed by atoms with Gasteiger partial charge in [-0.05, 0) is 37.9 Å². The number of nitrogens with zero attached hydrogens (tertiary/aromatic N) is 1. The first-order valence-corrected chi connectivity index (χ1v) is 9.18. The van der Waals surface area contributed by atoms with Crippen LogP contribution in [0.3, 0.4) is 0 Å². The molecule has 0 atom stereocenters. The van der Waals surface area contributed by atoms with E-state index >= 15 is 0 Å². The largest absolute Gasteiger partial charge is 0.383 e. The number of amides is 2. The van der Waals surface area contributed by atoms with Crippen LogP contribution in [0.25, 0.3) is 0 Å². The number of piperidine rings is 1. The van der Waals surface area contributed by atoms with Crippen LogP contribution in [-0.2, 0) is 4.74 Å². The second-order valence-electron chi connectivity index (χ2n) is 6.44. The zero-order valence-electron chi connectivity index (χ0n) is 14.1. The predicted molar refractivity (Wildman–Crippen MR) is 95.6 cm³/mol. The van der Waals surface area contributed by atoms with E-state index in [4.69, 9.17) is 17.0 Å². The van der Waals surface area contributed by atoms with E-state index in [1.54, 1.807) is 7.11 Å². The number of urea groups is 1. The summed E-state index contributed by atoms with van der Waals surface area (Å²) in [6.07, 6.45) is 7.87. The Morgan fingerprint density at radius 1 is 1.09 bits per heavy atom. The van der Waals surface area contributed by atoms with Crippen molar-refractivity contribution < 1.29 is 9.53 Å². The molecule has 2 amide bonds. The molecule has 1 heterocycles. The highest BCUT2D eigenvalue weighted by Crippen LogP contribution is 2.17. The minimum absolute atomic E-state index is 0.00357. The lowest BCUT2D eigenvalue weighted by Crippen LogP contribution is -2.52. The average molecular weight is 343 g/mol. The van der Waals surface area contributed by atoms with Crippen LogP contribution < -0.4 is 16.0 Å². The summed E-state index contributed by atoms with van der Waals surface area (Å²) in [6.45, 7) is 3.15. The van der Waals surface area contributed by atoms with Crippen molar-refractivity contribution in [3.05, 3.63) is 0 Å². The lowest BCUT2D eigenvalue weighted by Gasteiger charge is -2.34. The SMILES string of the molecule is COCCNC(=S)N1CCC(NC(=O)NC2CCCCC2)CC1. The van der Waals surface area contributed by atoms with Crippen LogP contribution in [0.4, 0.5) is 4.79 Å². The van der Waals surface area contributed by atoms with E-state index < -0.39 is 0 Å². The van der Waals surface area contributed by atoms with Gasteiger partial charge in [0.05, 0.1) is 6.61 Å². The third kappa shape index (κ3) is 6.51. The first kappa shape index (κ1) is 18.3. The molecule has 6 nitrogen and oxygen atoms in total. The number of ether oxygens (including phenoxy) is 1. The molecule has 7 heteroatoms. The quantitative estimate of drug-likeness (QED) is 0.523. The van der Waals surface area contributed by atoms with Gasteiger partial charge in [0.15, 0.2) is 5.11 Å². The minimum atomic E-state index is -0.00357. The molecule has 2 rings (SSSR count). The lowest BCUT2D eigenvalue weighted by molar-refractivity contribution is 0.201. The van der Waals surface area contributed by atoms with E-state index in [0.29, 0.717) is 12.6 Å². The fraction of sp³-hybridized carbons (Fsp3) is 0.875. The number of hydrogen-bond acceptors (Lipinski definition) is 3. The standard InChI is InChI=1S/C16H30N4O2S/c1-22-12-9-17-16(23)20-10-7-14(8-11-20)19-15(21)18-13-5-3-2-4-6-13/h13-14H,2-12H2,1H3,(H,17,23)(H2,18,19,21). The normalized spacial score (nSPS) is 20.1. The van der Waals surface area contributed by atoms with Gasteiger partial charge in [-0.15, -0.1) is 0 Å². The Kier molecular flexibility index (Phi) is 7.88. The molecule has 0 spiro atoms. The van der Waals surface area contributed by atoms with Crippen LogP contribution in [0.2, 0.25) is 0 Å². The van der Waals surface area contributed by atoms with Crippen LogP contribution >= 0.6 is 12.2 Å². The Morgan fingerprint density at radius 2 is 1.70 bits per heavy atom. The lowest BCUT2D eigenvalue weighted by atomic mass is 9.96. The van der Waals surface area contributed by atoms with Gasteiger partial charge in [0, 0.05) is 38.8 Å². The summed E-state index contributed by atoms with van der Waals surface area (Å²) in [5.74, 6) is 0. The summed E-state index contributed by atoms with van der Waals surface area (Å²) in [7, 11) is 1.68. The van der Waals surface area contributed by atoms with Crippen molar-refractivity contribution in [2.24, 2.45) is 0 Å². The van der Waals surface area contributed by atoms with E-state index in [2.05, 4.69) is 20.9 Å². The second-order valence-corrected chi connectivity index (χ2v) is 6.83. The Balaban J connectivity index is 1.62. The van der Waals surface area contributed by atoms with E-state index in [0.717, 1.165) is 50.4 Å². The molecule has 1 aliphatic carbocycles. The third-order valence-electron chi connectivity index (χ3n) is 4.64. The van der Waals surface area contributed by atoms with Gasteiger partial charge in [0.2, 0.25) is 0 Å². The Hall–Kier alpha value is -1.08. The molecule has 2 aliphatic rings. The van der Waals surface area contributed by atoms with Gasteiger partial charge < -0.3 is 25.6 Å². The van der Waals surface area contributed by atoms with E-state index in [-0.39, 0.29) is 12.1 Å². The minimum Gasteiger partial charge on any atom is -0.383 e. The number of thiocarbonyl (C=S) groups is 1. The van der Waals surface area contributed by atoms with Crippen molar-refractivity contribution >= 4 is 23.4 Å². The van der Waals surface area contributed by atoms with Gasteiger partial charge in [-0.2, -0.15) is 0 Å². The molecule has 0 aromatic rings. The van der Waals surface area contributed by atoms with Gasteiger partial charge >= 0.3 is 6.03 Å². The van der Waals surface area contributed by atoms with Crippen LogP contribution in [0.5, 0.6) is 0 Å². The number of hydrogen-bond donors (Lipinski definition) is 3. The van der Waals surface area contributed by atoms with Crippen molar-refractivity contribution in [3.63, 3.8) is 0 Å². The first-order valence-electron chi connectivity index (χ1n) is 8.78. The summed E-state index contributed by atoms with van der Waals surface area (Å²) >= 11 is 5.38. The van der Waals surface area contributed by atoms with Crippen molar-refractivity contribution in [1.82, 2.24) is 20.9 Å². The molecule has 1 saturated carbocycles. The highest BCUT2D eigenvalue weighted by Gasteiger charge is 2.23. The maximum atomic E-state index is 12.1. The van der Waals surface area contributed by atoms with Crippen molar-refractivity contribution in [2.45, 2.75) is 57.0 Å². The number of carbonyl (C=O) groups excluding carboxylic acids is 1. The summed E-state index contributed by atoms with van der Waals surface area (Å²) in [4.78, 5) is 14.3. The molecular weight excluding hydrogens is 312 g/mol. The van der Waals surface area contributed by atoms with Gasteiger partial charge in [0.1, 0.15) is 0 Å². The highest BCUT2D eigenvalue weighted by molar-refractivity contribution is 7.80. The molecule has 0 aromatic heterocycles. The monoisotopic (exact) mass is 342 g/mol. The molecular formula is C16H30N4O2S. The van der Waals surface area contributed by atoms with Crippen LogP contribution in [0, 0.1) is 0 Å². The number of methoxy groups -OCH3 is 1. The summed E-state index contributed by atoms with van der Waals surface area (Å²) < 4.78 is 5.01. The zero-order chi connectivity index (χ0) is 16.5. The molecule has 2 fully saturated rings. The zero-order valence-corrected chi connectivity index (χ0v) is 14.9. The molecule has 0 radical (unpaired) electrons. The fourth-order valence-electron chi connectivity index (χ4n) is 3.26. The Morgan fingerprint density at radius 3 is 2.30 bits per heavy atom. The van der Waals surface area contributed by atoms with Gasteiger partial charge in [-0.1, -0.05) is 19.3 Å². The molecule has 132 valence electrons. The molecule has 1 saturated heterocycles. The van der Waals surface area contributed by atoms with Crippen LogP contribution in [0.15, 0.2) is 0 Å². The van der Waals surface area contributed by atoms with Crippen molar-refractivity contribution in [2.75, 3.05) is 33.4 Å². The van der Waals surface area contributed by atoms with Crippen LogP contribution in [-0.4, -0.2) is 61.5 Å². The first-order chi connectivity index (χ1) is 11.2. The van der Waals surface area contributed by atoms with Crippen molar-refractivity contribution in [3.8, 4) is 0 Å². The number of carbonyl (C=O) groups is 1. The maximum absolute atomic E-state index is 12.1. The third-order valence-corrected chi connectivity index (χ3v) is 5.04. The summed E-state index contributed by atoms with van der Waals surface area (Å²) in [5.41, 5.74) is 0.